The average Bonchev–Trinajstić information content (AvgIpc) is 3.09. The highest BCUT2D eigenvalue weighted by Gasteiger charge is 2.34. The van der Waals surface area contributed by atoms with Gasteiger partial charge in [-0.25, -0.2) is 0 Å². The van der Waals surface area contributed by atoms with Gasteiger partial charge in [-0.2, -0.15) is 5.26 Å². The van der Waals surface area contributed by atoms with E-state index in [2.05, 4.69) is 5.32 Å². The van der Waals surface area contributed by atoms with Gasteiger partial charge in [-0.05, 0) is 38.8 Å². The maximum atomic E-state index is 12.3. The van der Waals surface area contributed by atoms with Crippen LogP contribution in [0.4, 0.5) is 5.88 Å². The number of anilines is 1. The molecule has 1 aromatic heterocycles. The summed E-state index contributed by atoms with van der Waals surface area (Å²) in [7, 11) is 0. The van der Waals surface area contributed by atoms with Crippen LogP contribution in [0.1, 0.15) is 63.3 Å². The van der Waals surface area contributed by atoms with Gasteiger partial charge in [0.25, 0.3) is 11.8 Å². The summed E-state index contributed by atoms with van der Waals surface area (Å²) in [5.41, 5.74) is 1.96. The number of imide groups is 1. The topological polar surface area (TPSA) is 103 Å². The number of rotatable bonds is 7. The van der Waals surface area contributed by atoms with Gasteiger partial charge in [0.15, 0.2) is 0 Å². The number of amides is 3. The first kappa shape index (κ1) is 19.4. The Hall–Kier alpha value is -3.40. The van der Waals surface area contributed by atoms with Gasteiger partial charge in [-0.3, -0.25) is 24.6 Å². The van der Waals surface area contributed by atoms with E-state index in [1.54, 1.807) is 38.1 Å². The molecule has 28 heavy (non-hydrogen) atoms. The SMILES string of the molecule is Cc1oc(NC(=O)CCCCCN2C(=O)c3ccccc3C2=O)c(C#N)c1C. The zero-order valence-corrected chi connectivity index (χ0v) is 15.9. The number of hydrogen-bond donors (Lipinski definition) is 1. The largest absolute Gasteiger partial charge is 0.444 e. The van der Waals surface area contributed by atoms with E-state index in [-0.39, 0.29) is 30.0 Å². The number of nitrogens with zero attached hydrogens (tertiary/aromatic N) is 2. The third-order valence-electron chi connectivity index (χ3n) is 4.91. The molecule has 0 saturated heterocycles. The average molecular weight is 379 g/mol. The summed E-state index contributed by atoms with van der Waals surface area (Å²) in [4.78, 5) is 37.9. The fraction of sp³-hybridized carbons (Fsp3) is 0.333. The van der Waals surface area contributed by atoms with Crippen molar-refractivity contribution in [2.45, 2.75) is 39.5 Å². The van der Waals surface area contributed by atoms with Crippen LogP contribution in [0.25, 0.3) is 0 Å². The number of carbonyl (C=O) groups is 3. The number of benzene rings is 1. The molecule has 3 amide bonds. The number of nitriles is 1. The van der Waals surface area contributed by atoms with Gasteiger partial charge < -0.3 is 4.42 Å². The lowest BCUT2D eigenvalue weighted by Gasteiger charge is -2.13. The smallest absolute Gasteiger partial charge is 0.261 e. The maximum absolute atomic E-state index is 12.3. The summed E-state index contributed by atoms with van der Waals surface area (Å²) in [5.74, 6) is 0.0455. The molecule has 0 radical (unpaired) electrons. The molecule has 1 aliphatic rings. The number of aryl methyl sites for hydroxylation is 1. The molecule has 0 bridgehead atoms. The molecule has 3 rings (SSSR count). The van der Waals surface area contributed by atoms with Crippen molar-refractivity contribution in [3.8, 4) is 6.07 Å². The van der Waals surface area contributed by atoms with Gasteiger partial charge in [0.2, 0.25) is 11.8 Å². The quantitative estimate of drug-likeness (QED) is 0.585. The molecule has 0 atom stereocenters. The summed E-state index contributed by atoms with van der Waals surface area (Å²) < 4.78 is 5.42. The molecule has 7 heteroatoms. The molecule has 144 valence electrons. The van der Waals surface area contributed by atoms with Crippen LogP contribution in [0.2, 0.25) is 0 Å². The standard InChI is InChI=1S/C21H21N3O4/c1-13-14(2)28-19(17(13)12-22)23-18(25)10-4-3-7-11-24-20(26)15-8-5-6-9-16(15)21(24)27/h5-6,8-9H,3-4,7,10-11H2,1-2H3,(H,23,25). The third-order valence-corrected chi connectivity index (χ3v) is 4.91. The van der Waals surface area contributed by atoms with Gasteiger partial charge in [0, 0.05) is 18.5 Å². The molecule has 0 fully saturated rings. The number of furan rings is 1. The fourth-order valence-corrected chi connectivity index (χ4v) is 3.21. The Labute approximate surface area is 162 Å². The molecular formula is C21H21N3O4. The molecule has 7 nitrogen and oxygen atoms in total. The second-order valence-corrected chi connectivity index (χ2v) is 6.77. The molecule has 1 N–H and O–H groups in total. The van der Waals surface area contributed by atoms with E-state index in [4.69, 9.17) is 9.68 Å². The molecule has 1 aromatic carbocycles. The van der Waals surface area contributed by atoms with Gasteiger partial charge in [0.1, 0.15) is 17.4 Å². The second-order valence-electron chi connectivity index (χ2n) is 6.77. The monoisotopic (exact) mass is 379 g/mol. The highest BCUT2D eigenvalue weighted by Crippen LogP contribution is 2.26. The lowest BCUT2D eigenvalue weighted by Crippen LogP contribution is -2.30. The molecule has 0 spiro atoms. The normalized spacial score (nSPS) is 12.8. The first-order valence-electron chi connectivity index (χ1n) is 9.19. The Kier molecular flexibility index (Phi) is 5.59. The molecule has 2 heterocycles. The van der Waals surface area contributed by atoms with E-state index >= 15 is 0 Å². The number of fused-ring (bicyclic) bond motifs is 1. The van der Waals surface area contributed by atoms with Crippen molar-refractivity contribution >= 4 is 23.6 Å². The predicted molar refractivity (Wildman–Crippen MR) is 102 cm³/mol. The van der Waals surface area contributed by atoms with Crippen molar-refractivity contribution in [1.82, 2.24) is 4.90 Å². The Morgan fingerprint density at radius 1 is 1.11 bits per heavy atom. The molecule has 0 unspecified atom stereocenters. The lowest BCUT2D eigenvalue weighted by molar-refractivity contribution is -0.116. The Morgan fingerprint density at radius 2 is 1.75 bits per heavy atom. The van der Waals surface area contributed by atoms with Crippen LogP contribution in [0, 0.1) is 25.2 Å². The summed E-state index contributed by atoms with van der Waals surface area (Å²) in [6, 6.07) is 8.84. The molecular weight excluding hydrogens is 358 g/mol. The minimum absolute atomic E-state index is 0.188. The van der Waals surface area contributed by atoms with Crippen LogP contribution < -0.4 is 5.32 Å². The highest BCUT2D eigenvalue weighted by molar-refractivity contribution is 6.21. The van der Waals surface area contributed by atoms with E-state index in [1.807, 2.05) is 6.07 Å². The fourth-order valence-electron chi connectivity index (χ4n) is 3.21. The highest BCUT2D eigenvalue weighted by atomic mass is 16.4. The Bertz CT molecular complexity index is 949. The summed E-state index contributed by atoms with van der Waals surface area (Å²) in [6.45, 7) is 3.85. The summed E-state index contributed by atoms with van der Waals surface area (Å²) in [6.07, 6.45) is 2.20. The van der Waals surface area contributed by atoms with E-state index in [1.165, 1.54) is 4.90 Å². The van der Waals surface area contributed by atoms with Gasteiger partial charge >= 0.3 is 0 Å². The van der Waals surface area contributed by atoms with Crippen LogP contribution in [0.3, 0.4) is 0 Å². The van der Waals surface area contributed by atoms with Crippen molar-refractivity contribution in [3.63, 3.8) is 0 Å². The molecule has 0 aliphatic carbocycles. The van der Waals surface area contributed by atoms with Crippen LogP contribution >= 0.6 is 0 Å². The minimum atomic E-state index is -0.258. The van der Waals surface area contributed by atoms with E-state index in [0.717, 1.165) is 5.56 Å². The zero-order chi connectivity index (χ0) is 20.3. The summed E-state index contributed by atoms with van der Waals surface area (Å²) >= 11 is 0. The van der Waals surface area contributed by atoms with Crippen molar-refractivity contribution in [1.29, 1.82) is 5.26 Å². The first-order chi connectivity index (χ1) is 13.4. The molecule has 1 aliphatic heterocycles. The van der Waals surface area contributed by atoms with Gasteiger partial charge in [0.05, 0.1) is 11.1 Å². The van der Waals surface area contributed by atoms with Crippen molar-refractivity contribution < 1.29 is 18.8 Å². The second kappa shape index (κ2) is 8.09. The molecule has 0 saturated carbocycles. The lowest BCUT2D eigenvalue weighted by atomic mass is 10.1. The first-order valence-corrected chi connectivity index (χ1v) is 9.19. The van der Waals surface area contributed by atoms with Gasteiger partial charge in [-0.1, -0.05) is 18.6 Å². The Balaban J connectivity index is 1.43. The minimum Gasteiger partial charge on any atom is -0.444 e. The van der Waals surface area contributed by atoms with Crippen LogP contribution in [-0.4, -0.2) is 29.2 Å². The van der Waals surface area contributed by atoms with Gasteiger partial charge in [-0.15, -0.1) is 0 Å². The zero-order valence-electron chi connectivity index (χ0n) is 15.9. The summed E-state index contributed by atoms with van der Waals surface area (Å²) in [5, 5.41) is 11.8. The van der Waals surface area contributed by atoms with Crippen molar-refractivity contribution in [3.05, 3.63) is 52.3 Å². The van der Waals surface area contributed by atoms with Crippen LogP contribution in [-0.2, 0) is 4.79 Å². The maximum Gasteiger partial charge on any atom is 0.261 e. The van der Waals surface area contributed by atoms with Crippen LogP contribution in [0.15, 0.2) is 28.7 Å². The van der Waals surface area contributed by atoms with Crippen LogP contribution in [0.5, 0.6) is 0 Å². The number of carbonyl (C=O) groups excluding carboxylic acids is 3. The van der Waals surface area contributed by atoms with Crippen molar-refractivity contribution in [2.24, 2.45) is 0 Å². The Morgan fingerprint density at radius 3 is 2.36 bits per heavy atom. The van der Waals surface area contributed by atoms with E-state index in [9.17, 15) is 14.4 Å². The van der Waals surface area contributed by atoms with E-state index in [0.29, 0.717) is 48.3 Å². The third kappa shape index (κ3) is 3.67. The number of nitrogens with one attached hydrogen (secondary N) is 1. The van der Waals surface area contributed by atoms with E-state index < -0.39 is 0 Å². The number of hydrogen-bond acceptors (Lipinski definition) is 5. The number of unbranched alkanes of at least 4 members (excludes halogenated alkanes) is 2. The van der Waals surface area contributed by atoms with Crippen molar-refractivity contribution in [2.75, 3.05) is 11.9 Å². The molecule has 2 aromatic rings. The predicted octanol–water partition coefficient (Wildman–Crippen LogP) is 3.56.